The first-order chi connectivity index (χ1) is 16.5. The number of aromatic nitrogens is 2. The Morgan fingerprint density at radius 1 is 1.15 bits per heavy atom. The van der Waals surface area contributed by atoms with E-state index in [0.29, 0.717) is 16.3 Å². The first-order valence-corrected chi connectivity index (χ1v) is 10.9. The van der Waals surface area contributed by atoms with Crippen LogP contribution in [0, 0.1) is 0 Å². The summed E-state index contributed by atoms with van der Waals surface area (Å²) in [6.45, 7) is 0.167. The van der Waals surface area contributed by atoms with Crippen LogP contribution in [0.4, 0.5) is 0 Å². The number of methoxy groups -OCH3 is 1. The lowest BCUT2D eigenvalue weighted by molar-refractivity contribution is -0.140. The lowest BCUT2D eigenvalue weighted by Gasteiger charge is -2.25. The number of ether oxygens (including phenoxy) is 1. The maximum Gasteiger partial charge on any atom is 0.295 e. The molecular weight excluding hydrogens is 454 g/mol. The summed E-state index contributed by atoms with van der Waals surface area (Å²) >= 11 is 6.18. The van der Waals surface area contributed by atoms with Crippen molar-refractivity contribution in [1.82, 2.24) is 14.9 Å². The molecule has 3 heterocycles. The number of rotatable bonds is 5. The molecule has 0 bridgehead atoms. The second kappa shape index (κ2) is 8.68. The molecule has 1 aliphatic heterocycles. The van der Waals surface area contributed by atoms with E-state index in [1.165, 1.54) is 18.1 Å². The quantitative estimate of drug-likeness (QED) is 0.245. The Kier molecular flexibility index (Phi) is 5.55. The first kappa shape index (κ1) is 21.7. The number of benzene rings is 2. The van der Waals surface area contributed by atoms with Crippen molar-refractivity contribution in [2.45, 2.75) is 12.6 Å². The van der Waals surface area contributed by atoms with E-state index in [1.807, 2.05) is 24.3 Å². The molecule has 1 atom stereocenters. The summed E-state index contributed by atoms with van der Waals surface area (Å²) in [5.74, 6) is -1.48. The van der Waals surface area contributed by atoms with Gasteiger partial charge in [0.25, 0.3) is 11.7 Å². The summed E-state index contributed by atoms with van der Waals surface area (Å²) in [6, 6.07) is 15.1. The van der Waals surface area contributed by atoms with Gasteiger partial charge in [-0.15, -0.1) is 0 Å². The Balaban J connectivity index is 1.74. The number of hydrogen-bond acceptors (Lipinski definition) is 5. The Morgan fingerprint density at radius 2 is 1.91 bits per heavy atom. The highest BCUT2D eigenvalue weighted by molar-refractivity contribution is 6.46. The molecular formula is C26H20ClN3O4. The zero-order valence-corrected chi connectivity index (χ0v) is 18.9. The number of halogens is 1. The van der Waals surface area contributed by atoms with E-state index < -0.39 is 17.7 Å². The Morgan fingerprint density at radius 3 is 2.68 bits per heavy atom. The monoisotopic (exact) mass is 473 g/mol. The van der Waals surface area contributed by atoms with Crippen LogP contribution in [0.1, 0.15) is 22.7 Å². The van der Waals surface area contributed by atoms with Crippen molar-refractivity contribution < 1.29 is 19.4 Å². The number of aliphatic hydroxyl groups excluding tert-OH is 1. The van der Waals surface area contributed by atoms with Crippen LogP contribution in [0.25, 0.3) is 16.7 Å². The molecule has 7 nitrogen and oxygen atoms in total. The molecule has 1 aliphatic rings. The summed E-state index contributed by atoms with van der Waals surface area (Å²) in [5.41, 5.74) is 2.58. The predicted molar refractivity (Wildman–Crippen MR) is 128 cm³/mol. The van der Waals surface area contributed by atoms with Crippen LogP contribution in [-0.2, 0) is 16.1 Å². The van der Waals surface area contributed by atoms with E-state index in [-0.39, 0.29) is 23.4 Å². The van der Waals surface area contributed by atoms with Crippen molar-refractivity contribution in [3.05, 3.63) is 100 Å². The van der Waals surface area contributed by atoms with E-state index in [4.69, 9.17) is 16.3 Å². The maximum atomic E-state index is 13.3. The summed E-state index contributed by atoms with van der Waals surface area (Å²) in [5, 5.41) is 12.6. The lowest BCUT2D eigenvalue weighted by Crippen LogP contribution is -2.29. The number of amides is 1. The highest BCUT2D eigenvalue weighted by Gasteiger charge is 2.47. The van der Waals surface area contributed by atoms with Gasteiger partial charge in [-0.25, -0.2) is 0 Å². The van der Waals surface area contributed by atoms with Crippen molar-refractivity contribution in [2.24, 2.45) is 0 Å². The second-order valence-corrected chi connectivity index (χ2v) is 8.35. The van der Waals surface area contributed by atoms with Gasteiger partial charge in [-0.1, -0.05) is 29.8 Å². The number of hydrogen-bond donors (Lipinski definition) is 2. The lowest BCUT2D eigenvalue weighted by atomic mass is 9.94. The fourth-order valence-electron chi connectivity index (χ4n) is 4.38. The Hall–Kier alpha value is -4.10. The zero-order chi connectivity index (χ0) is 23.8. The van der Waals surface area contributed by atoms with E-state index in [2.05, 4.69) is 9.97 Å². The van der Waals surface area contributed by atoms with Gasteiger partial charge < -0.3 is 19.7 Å². The highest BCUT2D eigenvalue weighted by atomic mass is 35.5. The topological polar surface area (TPSA) is 95.5 Å². The number of fused-ring (bicyclic) bond motifs is 1. The molecule has 1 fully saturated rings. The molecule has 2 N–H and O–H groups in total. The number of H-pyrrole nitrogens is 1. The van der Waals surface area contributed by atoms with Crippen LogP contribution in [0.2, 0.25) is 5.02 Å². The summed E-state index contributed by atoms with van der Waals surface area (Å²) < 4.78 is 5.39. The van der Waals surface area contributed by atoms with Crippen molar-refractivity contribution in [3.63, 3.8) is 0 Å². The van der Waals surface area contributed by atoms with Crippen LogP contribution in [0.3, 0.4) is 0 Å². The normalized spacial score (nSPS) is 17.5. The minimum absolute atomic E-state index is 0.0237. The average Bonchev–Trinajstić information content (AvgIpc) is 3.38. The van der Waals surface area contributed by atoms with E-state index >= 15 is 0 Å². The third-order valence-corrected chi connectivity index (χ3v) is 6.21. The largest absolute Gasteiger partial charge is 0.507 e. The molecule has 5 rings (SSSR count). The second-order valence-electron chi connectivity index (χ2n) is 7.92. The third-order valence-electron chi connectivity index (χ3n) is 5.97. The van der Waals surface area contributed by atoms with Crippen LogP contribution < -0.4 is 4.74 Å². The fraction of sp³-hybridized carbons (Fsp3) is 0.115. The molecule has 0 radical (unpaired) electrons. The number of para-hydroxylation sites is 1. The number of aromatic amines is 1. The molecule has 2 aromatic carbocycles. The van der Waals surface area contributed by atoms with Gasteiger partial charge in [0, 0.05) is 46.6 Å². The molecule has 0 spiro atoms. The number of carbonyl (C=O) groups excluding carboxylic acids is 2. The number of nitrogens with one attached hydrogen (secondary N) is 1. The summed E-state index contributed by atoms with van der Waals surface area (Å²) in [4.78, 5) is 35.3. The molecule has 1 unspecified atom stereocenters. The number of Topliss-reactive ketones (excluding diaryl/α,β-unsaturated/α-hetero) is 1. The van der Waals surface area contributed by atoms with Gasteiger partial charge in [0.1, 0.15) is 11.5 Å². The smallest absolute Gasteiger partial charge is 0.295 e. The minimum Gasteiger partial charge on any atom is -0.507 e. The predicted octanol–water partition coefficient (Wildman–Crippen LogP) is 4.85. The van der Waals surface area contributed by atoms with Crippen molar-refractivity contribution in [2.75, 3.05) is 7.11 Å². The SMILES string of the molecule is COc1ccc(Cl)cc1/C(O)=C1\C(=O)C(=O)N(Cc2ccncc2)C1c1c[nH]c2ccccc12. The van der Waals surface area contributed by atoms with Gasteiger partial charge in [0.15, 0.2) is 0 Å². The van der Waals surface area contributed by atoms with Gasteiger partial charge in [-0.05, 0) is 42.0 Å². The van der Waals surface area contributed by atoms with Gasteiger partial charge in [-0.3, -0.25) is 14.6 Å². The van der Waals surface area contributed by atoms with E-state index in [0.717, 1.165) is 16.5 Å². The van der Waals surface area contributed by atoms with E-state index in [9.17, 15) is 14.7 Å². The molecule has 1 saturated heterocycles. The van der Waals surface area contributed by atoms with E-state index in [1.54, 1.807) is 42.9 Å². The zero-order valence-electron chi connectivity index (χ0n) is 18.2. The highest BCUT2D eigenvalue weighted by Crippen LogP contribution is 2.44. The molecule has 8 heteroatoms. The Bertz CT molecular complexity index is 1440. The third kappa shape index (κ3) is 3.60. The molecule has 0 aliphatic carbocycles. The van der Waals surface area contributed by atoms with Gasteiger partial charge >= 0.3 is 0 Å². The summed E-state index contributed by atoms with van der Waals surface area (Å²) in [6.07, 6.45) is 5.02. The fourth-order valence-corrected chi connectivity index (χ4v) is 4.55. The number of pyridine rings is 1. The number of carbonyl (C=O) groups is 2. The van der Waals surface area contributed by atoms with Crippen LogP contribution in [-0.4, -0.2) is 38.8 Å². The molecule has 1 amide bonds. The first-order valence-electron chi connectivity index (χ1n) is 10.6. The molecule has 2 aromatic heterocycles. The van der Waals surface area contributed by atoms with Crippen LogP contribution >= 0.6 is 11.6 Å². The van der Waals surface area contributed by atoms with Crippen molar-refractivity contribution in [3.8, 4) is 5.75 Å². The number of likely N-dealkylation sites (tertiary alicyclic amines) is 1. The van der Waals surface area contributed by atoms with Crippen LogP contribution in [0.15, 0.2) is 78.8 Å². The molecule has 0 saturated carbocycles. The number of ketones is 1. The van der Waals surface area contributed by atoms with Crippen molar-refractivity contribution >= 4 is 40.0 Å². The molecule has 34 heavy (non-hydrogen) atoms. The van der Waals surface area contributed by atoms with Crippen LogP contribution in [0.5, 0.6) is 5.75 Å². The molecule has 170 valence electrons. The number of aliphatic hydroxyl groups is 1. The molecule has 4 aromatic rings. The maximum absolute atomic E-state index is 13.3. The standard InChI is InChI=1S/C26H20ClN3O4/c1-34-21-7-6-16(27)12-18(21)24(31)22-23(19-13-29-20-5-3-2-4-17(19)20)30(26(33)25(22)32)14-15-8-10-28-11-9-15/h2-13,23,29,31H,14H2,1H3/b24-22+. The number of nitrogens with zero attached hydrogens (tertiary/aromatic N) is 2. The minimum atomic E-state index is -0.826. The summed E-state index contributed by atoms with van der Waals surface area (Å²) in [7, 11) is 1.46. The Labute approximate surface area is 200 Å². The van der Waals surface area contributed by atoms with Gasteiger partial charge in [-0.2, -0.15) is 0 Å². The van der Waals surface area contributed by atoms with Crippen molar-refractivity contribution in [1.29, 1.82) is 0 Å². The van der Waals surface area contributed by atoms with Gasteiger partial charge in [0.2, 0.25) is 0 Å². The average molecular weight is 474 g/mol. The van der Waals surface area contributed by atoms with Gasteiger partial charge in [0.05, 0.1) is 24.3 Å².